The minimum atomic E-state index is 0.588. The lowest BCUT2D eigenvalue weighted by Gasteiger charge is -2.37. The van der Waals surface area contributed by atoms with Gasteiger partial charge in [0.25, 0.3) is 0 Å². The predicted octanol–water partition coefficient (Wildman–Crippen LogP) is 2.51. The fraction of sp³-hybridized carbons (Fsp3) is 0.263. The Morgan fingerprint density at radius 3 is 2.64 bits per heavy atom. The summed E-state index contributed by atoms with van der Waals surface area (Å²) in [5.41, 5.74) is 3.49. The topological polar surface area (TPSA) is 40.6 Å². The van der Waals surface area contributed by atoms with Crippen LogP contribution < -0.4 is 15.0 Å². The van der Waals surface area contributed by atoms with Gasteiger partial charge in [0.05, 0.1) is 0 Å². The zero-order chi connectivity index (χ0) is 17.1. The van der Waals surface area contributed by atoms with Gasteiger partial charge in [-0.3, -0.25) is 4.98 Å². The highest BCUT2D eigenvalue weighted by molar-refractivity contribution is 7.80. The van der Waals surface area contributed by atoms with Crippen molar-refractivity contribution in [2.24, 2.45) is 0 Å². The summed E-state index contributed by atoms with van der Waals surface area (Å²) in [6, 6.07) is 12.2. The second kappa shape index (κ2) is 7.11. The summed E-state index contributed by atoms with van der Waals surface area (Å²) < 4.78 is 5.67. The number of nitrogens with one attached hydrogen (secondary N) is 1. The molecule has 25 heavy (non-hydrogen) atoms. The SMILES string of the molecule is S=C(N/C=C1/COc2ccccc21)N1CCN(c2ccncc2)CC1. The molecule has 2 aliphatic heterocycles. The number of nitrogens with zero attached hydrogens (tertiary/aromatic N) is 3. The highest BCUT2D eigenvalue weighted by Gasteiger charge is 2.20. The van der Waals surface area contributed by atoms with Crippen molar-refractivity contribution < 1.29 is 4.74 Å². The fourth-order valence-corrected chi connectivity index (χ4v) is 3.41. The summed E-state index contributed by atoms with van der Waals surface area (Å²) in [6.45, 7) is 4.31. The molecule has 0 atom stereocenters. The molecule has 0 spiro atoms. The lowest BCUT2D eigenvalue weighted by Crippen LogP contribution is -2.51. The van der Waals surface area contributed by atoms with Crippen LogP contribution in [-0.4, -0.2) is 47.8 Å². The maximum Gasteiger partial charge on any atom is 0.173 e. The molecule has 1 aromatic carbocycles. The van der Waals surface area contributed by atoms with Gasteiger partial charge in [-0.1, -0.05) is 18.2 Å². The zero-order valence-electron chi connectivity index (χ0n) is 13.9. The molecule has 128 valence electrons. The summed E-state index contributed by atoms with van der Waals surface area (Å²) in [7, 11) is 0. The molecular formula is C19H20N4OS. The summed E-state index contributed by atoms with van der Waals surface area (Å²) >= 11 is 5.56. The van der Waals surface area contributed by atoms with Crippen LogP contribution >= 0.6 is 12.2 Å². The van der Waals surface area contributed by atoms with E-state index in [1.165, 1.54) is 5.69 Å². The van der Waals surface area contributed by atoms with Crippen molar-refractivity contribution >= 4 is 28.6 Å². The minimum Gasteiger partial charge on any atom is -0.488 e. The van der Waals surface area contributed by atoms with Crippen LogP contribution in [0, 0.1) is 0 Å². The third kappa shape index (κ3) is 3.44. The smallest absolute Gasteiger partial charge is 0.173 e. The molecule has 0 radical (unpaired) electrons. The first-order valence-electron chi connectivity index (χ1n) is 8.43. The summed E-state index contributed by atoms with van der Waals surface area (Å²) in [5.74, 6) is 0.937. The van der Waals surface area contributed by atoms with Crippen molar-refractivity contribution in [3.05, 3.63) is 60.6 Å². The van der Waals surface area contributed by atoms with Crippen LogP contribution in [0.5, 0.6) is 5.75 Å². The molecule has 1 fully saturated rings. The highest BCUT2D eigenvalue weighted by atomic mass is 32.1. The molecule has 1 saturated heterocycles. The van der Waals surface area contributed by atoms with Crippen molar-refractivity contribution in [2.45, 2.75) is 0 Å². The zero-order valence-corrected chi connectivity index (χ0v) is 14.7. The molecule has 2 aromatic rings. The number of fused-ring (bicyclic) bond motifs is 1. The number of pyridine rings is 1. The molecule has 0 aliphatic carbocycles. The Kier molecular flexibility index (Phi) is 4.52. The molecule has 0 bridgehead atoms. The number of aromatic nitrogens is 1. The van der Waals surface area contributed by atoms with E-state index in [-0.39, 0.29) is 0 Å². The van der Waals surface area contributed by atoms with Crippen molar-refractivity contribution in [3.8, 4) is 5.75 Å². The number of piperazine rings is 1. The van der Waals surface area contributed by atoms with E-state index in [4.69, 9.17) is 17.0 Å². The van der Waals surface area contributed by atoms with Crippen LogP contribution in [0.3, 0.4) is 0 Å². The Hall–Kier alpha value is -2.60. The molecule has 5 nitrogen and oxygen atoms in total. The first kappa shape index (κ1) is 15.9. The lowest BCUT2D eigenvalue weighted by molar-refractivity contribution is 0.383. The summed E-state index contributed by atoms with van der Waals surface area (Å²) in [4.78, 5) is 8.65. The molecule has 0 saturated carbocycles. The Morgan fingerprint density at radius 1 is 1.08 bits per heavy atom. The molecule has 1 N–H and O–H groups in total. The van der Waals surface area contributed by atoms with Gasteiger partial charge in [-0.15, -0.1) is 0 Å². The number of anilines is 1. The molecule has 3 heterocycles. The van der Waals surface area contributed by atoms with Crippen molar-refractivity contribution in [3.63, 3.8) is 0 Å². The average Bonchev–Trinajstić information content (AvgIpc) is 3.10. The number of hydrogen-bond acceptors (Lipinski definition) is 4. The average molecular weight is 352 g/mol. The predicted molar refractivity (Wildman–Crippen MR) is 104 cm³/mol. The van der Waals surface area contributed by atoms with Crippen LogP contribution in [0.1, 0.15) is 5.56 Å². The van der Waals surface area contributed by atoms with Gasteiger partial charge in [-0.05, 0) is 30.4 Å². The van der Waals surface area contributed by atoms with Gasteiger partial charge < -0.3 is 19.9 Å². The van der Waals surface area contributed by atoms with Gasteiger partial charge in [0, 0.05) is 61.6 Å². The van der Waals surface area contributed by atoms with Gasteiger partial charge in [-0.25, -0.2) is 0 Å². The van der Waals surface area contributed by atoms with E-state index >= 15 is 0 Å². The number of ether oxygens (including phenoxy) is 1. The van der Waals surface area contributed by atoms with Crippen molar-refractivity contribution in [2.75, 3.05) is 37.7 Å². The fourth-order valence-electron chi connectivity index (χ4n) is 3.17. The van der Waals surface area contributed by atoms with E-state index < -0.39 is 0 Å². The third-order valence-corrected chi connectivity index (χ3v) is 4.96. The Morgan fingerprint density at radius 2 is 1.84 bits per heavy atom. The minimum absolute atomic E-state index is 0.588. The molecule has 4 rings (SSSR count). The van der Waals surface area contributed by atoms with Crippen molar-refractivity contribution in [1.29, 1.82) is 0 Å². The van der Waals surface area contributed by atoms with Crippen LogP contribution in [0.25, 0.3) is 5.57 Å². The maximum absolute atomic E-state index is 5.67. The van der Waals surface area contributed by atoms with Crippen LogP contribution in [0.4, 0.5) is 5.69 Å². The van der Waals surface area contributed by atoms with E-state index in [9.17, 15) is 0 Å². The number of hydrogen-bond donors (Lipinski definition) is 1. The summed E-state index contributed by atoms with van der Waals surface area (Å²) in [6.07, 6.45) is 5.65. The summed E-state index contributed by atoms with van der Waals surface area (Å²) in [5, 5.41) is 4.05. The number of para-hydroxylation sites is 1. The molecule has 1 aromatic heterocycles. The maximum atomic E-state index is 5.67. The van der Waals surface area contributed by atoms with Crippen LogP contribution in [-0.2, 0) is 0 Å². The van der Waals surface area contributed by atoms with Gasteiger partial charge in [0.2, 0.25) is 0 Å². The van der Waals surface area contributed by atoms with Crippen LogP contribution in [0.2, 0.25) is 0 Å². The van der Waals surface area contributed by atoms with E-state index in [1.54, 1.807) is 0 Å². The highest BCUT2D eigenvalue weighted by Crippen LogP contribution is 2.32. The molecule has 2 aliphatic rings. The Labute approximate surface area is 152 Å². The van der Waals surface area contributed by atoms with Gasteiger partial charge in [0.15, 0.2) is 5.11 Å². The quantitative estimate of drug-likeness (QED) is 0.838. The molecular weight excluding hydrogens is 332 g/mol. The standard InChI is InChI=1S/C19H20N4OS/c25-19(21-13-15-14-24-18-4-2-1-3-17(15)18)23-11-9-22(10-12-23)16-5-7-20-8-6-16/h1-8,13H,9-12,14H2,(H,21,25)/b15-13-. The third-order valence-electron chi connectivity index (χ3n) is 4.58. The number of thiocarbonyl (C=S) groups is 1. The molecule has 0 unspecified atom stereocenters. The normalized spacial score (nSPS) is 18.0. The molecule has 6 heteroatoms. The Balaban J connectivity index is 1.34. The Bertz CT molecular complexity index is 785. The van der Waals surface area contributed by atoms with Crippen LogP contribution in [0.15, 0.2) is 55.0 Å². The van der Waals surface area contributed by atoms with E-state index in [0.717, 1.165) is 48.2 Å². The van der Waals surface area contributed by atoms with Gasteiger partial charge in [0.1, 0.15) is 12.4 Å². The largest absolute Gasteiger partial charge is 0.488 e. The second-order valence-electron chi connectivity index (χ2n) is 6.08. The lowest BCUT2D eigenvalue weighted by atomic mass is 10.1. The first-order valence-corrected chi connectivity index (χ1v) is 8.84. The number of benzene rings is 1. The van der Waals surface area contributed by atoms with Gasteiger partial charge in [-0.2, -0.15) is 0 Å². The first-order chi connectivity index (χ1) is 12.3. The van der Waals surface area contributed by atoms with E-state index in [0.29, 0.717) is 6.61 Å². The van der Waals surface area contributed by atoms with E-state index in [1.807, 2.05) is 48.9 Å². The van der Waals surface area contributed by atoms with E-state index in [2.05, 4.69) is 26.2 Å². The number of rotatable bonds is 2. The molecule has 0 amide bonds. The van der Waals surface area contributed by atoms with Crippen molar-refractivity contribution in [1.82, 2.24) is 15.2 Å². The van der Waals surface area contributed by atoms with Gasteiger partial charge >= 0.3 is 0 Å². The monoisotopic (exact) mass is 352 g/mol. The second-order valence-corrected chi connectivity index (χ2v) is 6.47.